The largest absolute Gasteiger partial charge is 0.315 e. The lowest BCUT2D eigenvalue weighted by atomic mass is 10.2. The van der Waals surface area contributed by atoms with Gasteiger partial charge in [0.15, 0.2) is 9.84 Å². The first-order chi connectivity index (χ1) is 7.89. The van der Waals surface area contributed by atoms with Gasteiger partial charge in [0.05, 0.1) is 4.90 Å². The van der Waals surface area contributed by atoms with Crippen LogP contribution < -0.4 is 4.90 Å². The molecule has 4 nitrogen and oxygen atoms in total. The highest BCUT2D eigenvalue weighted by molar-refractivity contribution is 7.90. The second-order valence-corrected chi connectivity index (χ2v) is 6.45. The Kier molecular flexibility index (Phi) is 2.95. The monoisotopic (exact) mass is 253 g/mol. The molecule has 1 aromatic carbocycles. The van der Waals surface area contributed by atoms with Gasteiger partial charge in [-0.05, 0) is 37.1 Å². The molecular formula is C12H15NO3S. The molecule has 0 bridgehead atoms. The van der Waals surface area contributed by atoms with Crippen LogP contribution in [0, 0.1) is 5.92 Å². The fraction of sp³-hybridized carbons (Fsp3) is 0.417. The number of amides is 1. The molecule has 0 heterocycles. The number of rotatable bonds is 3. The van der Waals surface area contributed by atoms with E-state index in [-0.39, 0.29) is 16.7 Å². The van der Waals surface area contributed by atoms with E-state index in [1.165, 1.54) is 18.4 Å². The van der Waals surface area contributed by atoms with Gasteiger partial charge in [-0.15, -0.1) is 0 Å². The van der Waals surface area contributed by atoms with Crippen molar-refractivity contribution in [1.29, 1.82) is 0 Å². The van der Waals surface area contributed by atoms with Crippen molar-refractivity contribution < 1.29 is 13.2 Å². The molecule has 0 aliphatic heterocycles. The number of anilines is 1. The minimum Gasteiger partial charge on any atom is -0.315 e. The molecule has 0 radical (unpaired) electrons. The third-order valence-electron chi connectivity index (χ3n) is 2.91. The maximum Gasteiger partial charge on any atom is 0.229 e. The number of benzene rings is 1. The first-order valence-electron chi connectivity index (χ1n) is 5.47. The van der Waals surface area contributed by atoms with Gasteiger partial charge in [0.25, 0.3) is 0 Å². The lowest BCUT2D eigenvalue weighted by Gasteiger charge is -2.17. The first kappa shape index (κ1) is 12.1. The average Bonchev–Trinajstić information content (AvgIpc) is 3.10. The minimum absolute atomic E-state index is 0.108. The quantitative estimate of drug-likeness (QED) is 0.819. The molecule has 0 saturated heterocycles. The number of hydrogen-bond acceptors (Lipinski definition) is 3. The zero-order chi connectivity index (χ0) is 12.6. The molecular weight excluding hydrogens is 238 g/mol. The highest BCUT2D eigenvalue weighted by atomic mass is 32.2. The molecule has 1 saturated carbocycles. The van der Waals surface area contributed by atoms with Crippen LogP contribution in [0.5, 0.6) is 0 Å². The number of carbonyl (C=O) groups is 1. The Morgan fingerprint density at radius 3 is 2.18 bits per heavy atom. The van der Waals surface area contributed by atoms with Crippen molar-refractivity contribution in [2.75, 3.05) is 18.2 Å². The summed E-state index contributed by atoms with van der Waals surface area (Å²) in [4.78, 5) is 13.7. The van der Waals surface area contributed by atoms with Gasteiger partial charge in [0.1, 0.15) is 0 Å². The zero-order valence-electron chi connectivity index (χ0n) is 9.88. The van der Waals surface area contributed by atoms with Crippen LogP contribution in [0.3, 0.4) is 0 Å². The van der Waals surface area contributed by atoms with Crippen LogP contribution in [-0.2, 0) is 14.6 Å². The molecule has 1 aromatic rings. The van der Waals surface area contributed by atoms with Crippen LogP contribution in [0.15, 0.2) is 29.2 Å². The maximum absolute atomic E-state index is 11.8. The SMILES string of the molecule is CN(C(=O)C1CC1)c1ccc(S(C)(=O)=O)cc1. The van der Waals surface area contributed by atoms with E-state index in [0.717, 1.165) is 18.5 Å². The van der Waals surface area contributed by atoms with E-state index in [0.29, 0.717) is 0 Å². The van der Waals surface area contributed by atoms with Crippen LogP contribution in [0.25, 0.3) is 0 Å². The summed E-state index contributed by atoms with van der Waals surface area (Å²) in [6, 6.07) is 6.38. The highest BCUT2D eigenvalue weighted by Crippen LogP contribution is 2.32. The van der Waals surface area contributed by atoms with Crippen molar-refractivity contribution in [1.82, 2.24) is 0 Å². The van der Waals surface area contributed by atoms with Gasteiger partial charge in [0, 0.05) is 24.9 Å². The van der Waals surface area contributed by atoms with Gasteiger partial charge in [-0.25, -0.2) is 8.42 Å². The van der Waals surface area contributed by atoms with Crippen LogP contribution in [0.2, 0.25) is 0 Å². The molecule has 0 N–H and O–H groups in total. The second kappa shape index (κ2) is 4.14. The summed E-state index contributed by atoms with van der Waals surface area (Å²) in [5.41, 5.74) is 0.731. The average molecular weight is 253 g/mol. The molecule has 1 fully saturated rings. The summed E-state index contributed by atoms with van der Waals surface area (Å²) in [5, 5.41) is 0. The Morgan fingerprint density at radius 1 is 1.24 bits per heavy atom. The van der Waals surface area contributed by atoms with Crippen molar-refractivity contribution in [2.45, 2.75) is 17.7 Å². The van der Waals surface area contributed by atoms with Gasteiger partial charge < -0.3 is 4.90 Å². The summed E-state index contributed by atoms with van der Waals surface area (Å²) < 4.78 is 22.6. The van der Waals surface area contributed by atoms with E-state index in [1.807, 2.05) is 0 Å². The summed E-state index contributed by atoms with van der Waals surface area (Å²) in [5.74, 6) is 0.270. The summed E-state index contributed by atoms with van der Waals surface area (Å²) in [7, 11) is -1.45. The predicted octanol–water partition coefficient (Wildman–Crippen LogP) is 1.46. The Hall–Kier alpha value is -1.36. The first-order valence-corrected chi connectivity index (χ1v) is 7.36. The van der Waals surface area contributed by atoms with E-state index >= 15 is 0 Å². The van der Waals surface area contributed by atoms with E-state index in [4.69, 9.17) is 0 Å². The molecule has 5 heteroatoms. The number of sulfone groups is 1. The molecule has 0 spiro atoms. The van der Waals surface area contributed by atoms with E-state index in [2.05, 4.69) is 0 Å². The van der Waals surface area contributed by atoms with E-state index < -0.39 is 9.84 Å². The standard InChI is InChI=1S/C12H15NO3S/c1-13(12(14)9-3-4-9)10-5-7-11(8-6-10)17(2,15)16/h5-9H,3-4H2,1-2H3. The molecule has 92 valence electrons. The molecule has 0 atom stereocenters. The summed E-state index contributed by atoms with van der Waals surface area (Å²) in [6.07, 6.45) is 3.09. The highest BCUT2D eigenvalue weighted by Gasteiger charge is 2.32. The van der Waals surface area contributed by atoms with Gasteiger partial charge in [-0.2, -0.15) is 0 Å². The van der Waals surface area contributed by atoms with Crippen LogP contribution in [0.4, 0.5) is 5.69 Å². The Balaban J connectivity index is 2.20. The number of hydrogen-bond donors (Lipinski definition) is 0. The number of nitrogens with zero attached hydrogens (tertiary/aromatic N) is 1. The molecule has 0 unspecified atom stereocenters. The topological polar surface area (TPSA) is 54.5 Å². The van der Waals surface area contributed by atoms with Crippen LogP contribution in [-0.4, -0.2) is 27.6 Å². The van der Waals surface area contributed by atoms with Gasteiger partial charge >= 0.3 is 0 Å². The predicted molar refractivity (Wildman–Crippen MR) is 65.7 cm³/mol. The van der Waals surface area contributed by atoms with E-state index in [9.17, 15) is 13.2 Å². The maximum atomic E-state index is 11.8. The normalized spacial score (nSPS) is 15.6. The molecule has 17 heavy (non-hydrogen) atoms. The second-order valence-electron chi connectivity index (χ2n) is 4.44. The zero-order valence-corrected chi connectivity index (χ0v) is 10.7. The molecule has 1 aliphatic rings. The summed E-state index contributed by atoms with van der Waals surface area (Å²) in [6.45, 7) is 0. The third kappa shape index (κ3) is 2.66. The smallest absolute Gasteiger partial charge is 0.229 e. The van der Waals surface area contributed by atoms with Crippen molar-refractivity contribution in [3.63, 3.8) is 0 Å². The van der Waals surface area contributed by atoms with Crippen LogP contribution >= 0.6 is 0 Å². The molecule has 0 aromatic heterocycles. The Bertz CT molecular complexity index is 529. The van der Waals surface area contributed by atoms with Crippen molar-refractivity contribution in [3.05, 3.63) is 24.3 Å². The van der Waals surface area contributed by atoms with Gasteiger partial charge in [0.2, 0.25) is 5.91 Å². The lowest BCUT2D eigenvalue weighted by Crippen LogP contribution is -2.27. The number of carbonyl (C=O) groups excluding carboxylic acids is 1. The van der Waals surface area contributed by atoms with Crippen molar-refractivity contribution in [2.24, 2.45) is 5.92 Å². The fourth-order valence-electron chi connectivity index (χ4n) is 1.65. The fourth-order valence-corrected chi connectivity index (χ4v) is 2.28. The summed E-state index contributed by atoms with van der Waals surface area (Å²) >= 11 is 0. The van der Waals surface area contributed by atoms with Gasteiger partial charge in [-0.1, -0.05) is 0 Å². The Labute approximate surface area is 101 Å². The van der Waals surface area contributed by atoms with Crippen LogP contribution in [0.1, 0.15) is 12.8 Å². The van der Waals surface area contributed by atoms with Crippen molar-refractivity contribution >= 4 is 21.4 Å². The van der Waals surface area contributed by atoms with Gasteiger partial charge in [-0.3, -0.25) is 4.79 Å². The molecule has 1 aliphatic carbocycles. The Morgan fingerprint density at radius 2 is 1.76 bits per heavy atom. The lowest BCUT2D eigenvalue weighted by molar-refractivity contribution is -0.119. The minimum atomic E-state index is -3.17. The van der Waals surface area contributed by atoms with E-state index in [1.54, 1.807) is 24.1 Å². The molecule has 2 rings (SSSR count). The van der Waals surface area contributed by atoms with Crippen molar-refractivity contribution in [3.8, 4) is 0 Å². The third-order valence-corrected chi connectivity index (χ3v) is 4.04. The molecule has 1 amide bonds.